The largest absolute Gasteiger partial charge is 0.378 e. The second-order valence-corrected chi connectivity index (χ2v) is 6.19. The first-order valence-corrected chi connectivity index (χ1v) is 8.36. The Labute approximate surface area is 132 Å². The van der Waals surface area contributed by atoms with Crippen molar-refractivity contribution in [3.05, 3.63) is 34.6 Å². The van der Waals surface area contributed by atoms with Gasteiger partial charge in [-0.3, -0.25) is 0 Å². The first kappa shape index (κ1) is 16.7. The lowest BCUT2D eigenvalue weighted by Gasteiger charge is -2.28. The molecule has 118 valence electrons. The van der Waals surface area contributed by atoms with Gasteiger partial charge in [-0.1, -0.05) is 24.6 Å². The van der Waals surface area contributed by atoms with Crippen LogP contribution in [0, 0.1) is 5.82 Å². The van der Waals surface area contributed by atoms with Crippen LogP contribution >= 0.6 is 11.6 Å². The molecule has 1 aliphatic rings. The molecule has 1 aromatic rings. The van der Waals surface area contributed by atoms with Crippen molar-refractivity contribution in [2.24, 2.45) is 0 Å². The fraction of sp³-hybridized carbons (Fsp3) is 0.647. The molecule has 0 saturated carbocycles. The van der Waals surface area contributed by atoms with Crippen LogP contribution in [0.1, 0.15) is 44.6 Å². The third-order valence-electron chi connectivity index (χ3n) is 4.02. The normalized spacial score (nSPS) is 20.4. The van der Waals surface area contributed by atoms with Crippen LogP contribution < -0.4 is 5.32 Å². The standard InChI is InChI=1S/C17H25ClFNO/c1-2-9-20-13(11-14-6-3-4-10-21-14)12-15-16(18)7-5-8-17(15)19/h5,7-8,13-14,20H,2-4,6,9-12H2,1H3. The van der Waals surface area contributed by atoms with E-state index < -0.39 is 0 Å². The molecule has 1 aliphatic heterocycles. The van der Waals surface area contributed by atoms with Crippen molar-refractivity contribution in [1.29, 1.82) is 0 Å². The van der Waals surface area contributed by atoms with Gasteiger partial charge in [0.25, 0.3) is 0 Å². The van der Waals surface area contributed by atoms with Gasteiger partial charge in [-0.15, -0.1) is 0 Å². The summed E-state index contributed by atoms with van der Waals surface area (Å²) >= 11 is 6.15. The first-order valence-electron chi connectivity index (χ1n) is 7.98. The van der Waals surface area contributed by atoms with Gasteiger partial charge in [0.1, 0.15) is 5.82 Å². The number of ether oxygens (including phenoxy) is 1. The lowest BCUT2D eigenvalue weighted by molar-refractivity contribution is 0.00522. The lowest BCUT2D eigenvalue weighted by atomic mass is 9.96. The molecular formula is C17H25ClFNO. The summed E-state index contributed by atoms with van der Waals surface area (Å²) in [6.45, 7) is 3.92. The second-order valence-electron chi connectivity index (χ2n) is 5.78. The van der Waals surface area contributed by atoms with Crippen molar-refractivity contribution in [2.45, 2.75) is 57.6 Å². The van der Waals surface area contributed by atoms with Gasteiger partial charge < -0.3 is 10.1 Å². The molecule has 0 spiro atoms. The Kier molecular flexibility index (Phi) is 6.94. The topological polar surface area (TPSA) is 21.3 Å². The Morgan fingerprint density at radius 1 is 1.43 bits per heavy atom. The molecule has 2 rings (SSSR count). The molecule has 0 aliphatic carbocycles. The van der Waals surface area contributed by atoms with Crippen molar-refractivity contribution in [1.82, 2.24) is 5.32 Å². The van der Waals surface area contributed by atoms with E-state index in [1.807, 2.05) is 0 Å². The molecule has 1 N–H and O–H groups in total. The van der Waals surface area contributed by atoms with Crippen molar-refractivity contribution in [3.63, 3.8) is 0 Å². The SMILES string of the molecule is CCCNC(Cc1c(F)cccc1Cl)CC1CCCCO1. The third-order valence-corrected chi connectivity index (χ3v) is 4.37. The van der Waals surface area contributed by atoms with Crippen LogP contribution in [0.25, 0.3) is 0 Å². The zero-order chi connectivity index (χ0) is 15.1. The van der Waals surface area contributed by atoms with Gasteiger partial charge in [0.2, 0.25) is 0 Å². The maximum Gasteiger partial charge on any atom is 0.127 e. The van der Waals surface area contributed by atoms with Crippen molar-refractivity contribution in [2.75, 3.05) is 13.2 Å². The smallest absolute Gasteiger partial charge is 0.127 e. The summed E-state index contributed by atoms with van der Waals surface area (Å²) < 4.78 is 19.8. The highest BCUT2D eigenvalue weighted by molar-refractivity contribution is 6.31. The molecule has 2 nitrogen and oxygen atoms in total. The van der Waals surface area contributed by atoms with Crippen LogP contribution in [0.3, 0.4) is 0 Å². The van der Waals surface area contributed by atoms with E-state index in [0.29, 0.717) is 23.1 Å². The molecule has 2 unspecified atom stereocenters. The van der Waals surface area contributed by atoms with E-state index in [9.17, 15) is 4.39 Å². The summed E-state index contributed by atoms with van der Waals surface area (Å²) in [7, 11) is 0. The molecule has 0 aromatic heterocycles. The van der Waals surface area contributed by atoms with Gasteiger partial charge in [0, 0.05) is 23.2 Å². The van der Waals surface area contributed by atoms with Gasteiger partial charge in [0.15, 0.2) is 0 Å². The zero-order valence-electron chi connectivity index (χ0n) is 12.7. The van der Waals surface area contributed by atoms with Gasteiger partial charge in [-0.05, 0) is 57.2 Å². The number of rotatable bonds is 7. The Morgan fingerprint density at radius 3 is 2.95 bits per heavy atom. The van der Waals surface area contributed by atoms with Crippen LogP contribution in [0.2, 0.25) is 5.02 Å². The fourth-order valence-corrected chi connectivity index (χ4v) is 3.11. The van der Waals surface area contributed by atoms with Gasteiger partial charge >= 0.3 is 0 Å². The molecule has 1 aromatic carbocycles. The van der Waals surface area contributed by atoms with E-state index in [1.54, 1.807) is 12.1 Å². The summed E-state index contributed by atoms with van der Waals surface area (Å²) in [6, 6.07) is 5.10. The predicted octanol–water partition coefficient (Wildman–Crippen LogP) is 4.35. The predicted molar refractivity (Wildman–Crippen MR) is 85.4 cm³/mol. The van der Waals surface area contributed by atoms with Crippen molar-refractivity contribution < 1.29 is 9.13 Å². The molecular weight excluding hydrogens is 289 g/mol. The van der Waals surface area contributed by atoms with E-state index in [2.05, 4.69) is 12.2 Å². The summed E-state index contributed by atoms with van der Waals surface area (Å²) in [4.78, 5) is 0. The number of benzene rings is 1. The number of halogens is 2. The maximum absolute atomic E-state index is 14.0. The average Bonchev–Trinajstić information content (AvgIpc) is 2.49. The molecule has 4 heteroatoms. The van der Waals surface area contributed by atoms with E-state index in [0.717, 1.165) is 38.8 Å². The van der Waals surface area contributed by atoms with Crippen LogP contribution in [0.5, 0.6) is 0 Å². The van der Waals surface area contributed by atoms with Crippen LogP contribution in [-0.4, -0.2) is 25.3 Å². The van der Waals surface area contributed by atoms with Crippen molar-refractivity contribution in [3.8, 4) is 0 Å². The monoisotopic (exact) mass is 313 g/mol. The van der Waals surface area contributed by atoms with Crippen LogP contribution in [-0.2, 0) is 11.2 Å². The molecule has 2 atom stereocenters. The highest BCUT2D eigenvalue weighted by Crippen LogP contribution is 2.24. The fourth-order valence-electron chi connectivity index (χ4n) is 2.87. The first-order chi connectivity index (χ1) is 10.2. The Bertz CT molecular complexity index is 415. The van der Waals surface area contributed by atoms with E-state index in [-0.39, 0.29) is 11.9 Å². The summed E-state index contributed by atoms with van der Waals surface area (Å²) in [5.74, 6) is -0.213. The highest BCUT2D eigenvalue weighted by atomic mass is 35.5. The van der Waals surface area contributed by atoms with E-state index >= 15 is 0 Å². The minimum absolute atomic E-state index is 0.211. The number of nitrogens with one attached hydrogen (secondary N) is 1. The lowest BCUT2D eigenvalue weighted by Crippen LogP contribution is -2.37. The molecule has 1 fully saturated rings. The molecule has 0 amide bonds. The Hall–Kier alpha value is -0.640. The van der Waals surface area contributed by atoms with E-state index in [1.165, 1.54) is 12.5 Å². The molecule has 0 bridgehead atoms. The number of hydrogen-bond donors (Lipinski definition) is 1. The van der Waals surface area contributed by atoms with Crippen molar-refractivity contribution >= 4 is 11.6 Å². The van der Waals surface area contributed by atoms with Gasteiger partial charge in [0.05, 0.1) is 6.10 Å². The molecule has 1 saturated heterocycles. The Morgan fingerprint density at radius 2 is 2.29 bits per heavy atom. The Balaban J connectivity index is 2.01. The molecule has 1 heterocycles. The number of hydrogen-bond acceptors (Lipinski definition) is 2. The van der Waals surface area contributed by atoms with Gasteiger partial charge in [-0.2, -0.15) is 0 Å². The van der Waals surface area contributed by atoms with Gasteiger partial charge in [-0.25, -0.2) is 4.39 Å². The molecule has 21 heavy (non-hydrogen) atoms. The highest BCUT2D eigenvalue weighted by Gasteiger charge is 2.21. The molecule has 0 radical (unpaired) electrons. The third kappa shape index (κ3) is 5.24. The quantitative estimate of drug-likeness (QED) is 0.808. The minimum Gasteiger partial charge on any atom is -0.378 e. The summed E-state index contributed by atoms with van der Waals surface area (Å²) in [5, 5.41) is 4.03. The average molecular weight is 314 g/mol. The van der Waals surface area contributed by atoms with E-state index in [4.69, 9.17) is 16.3 Å². The maximum atomic E-state index is 14.0. The minimum atomic E-state index is -0.213. The second kappa shape index (κ2) is 8.72. The van der Waals surface area contributed by atoms with Crippen LogP contribution in [0.15, 0.2) is 18.2 Å². The summed E-state index contributed by atoms with van der Waals surface area (Å²) in [6.07, 6.45) is 6.38. The van der Waals surface area contributed by atoms with Crippen LogP contribution in [0.4, 0.5) is 4.39 Å². The zero-order valence-corrected chi connectivity index (χ0v) is 13.5. The summed E-state index contributed by atoms with van der Waals surface area (Å²) in [5.41, 5.74) is 0.614.